The molecule has 0 saturated heterocycles. The first-order chi connectivity index (χ1) is 9.02. The largest absolute Gasteiger partial charge is 0.466 e. The summed E-state index contributed by atoms with van der Waals surface area (Å²) >= 11 is 6.10. The van der Waals surface area contributed by atoms with Gasteiger partial charge in [0, 0.05) is 17.9 Å². The highest BCUT2D eigenvalue weighted by Gasteiger charge is 2.09. The van der Waals surface area contributed by atoms with Crippen LogP contribution in [0.15, 0.2) is 18.2 Å². The van der Waals surface area contributed by atoms with E-state index in [1.54, 1.807) is 6.92 Å². The average molecular weight is 283 g/mol. The number of hydrogen-bond donors (Lipinski definition) is 0. The molecule has 3 nitrogen and oxygen atoms in total. The molecule has 1 rings (SSSR count). The molecule has 0 aromatic heterocycles. The van der Waals surface area contributed by atoms with Crippen molar-refractivity contribution in [2.24, 2.45) is 0 Å². The number of Topliss-reactive ketones (excluding diaryl/α,β-unsaturated/α-hetero) is 1. The Morgan fingerprint density at radius 2 is 1.95 bits per heavy atom. The molecule has 0 unspecified atom stereocenters. The van der Waals surface area contributed by atoms with E-state index in [-0.39, 0.29) is 24.6 Å². The Labute approximate surface area is 118 Å². The number of aryl methyl sites for hydroxylation is 2. The van der Waals surface area contributed by atoms with E-state index >= 15 is 0 Å². The lowest BCUT2D eigenvalue weighted by Crippen LogP contribution is -2.08. The number of ketones is 1. The summed E-state index contributed by atoms with van der Waals surface area (Å²) in [5, 5.41) is 0.693. The quantitative estimate of drug-likeness (QED) is 0.719. The molecule has 0 N–H and O–H groups in total. The van der Waals surface area contributed by atoms with Crippen LogP contribution in [0.25, 0.3) is 0 Å². The van der Waals surface area contributed by atoms with E-state index in [1.165, 1.54) is 0 Å². The molecular weight excluding hydrogens is 264 g/mol. The van der Waals surface area contributed by atoms with E-state index in [4.69, 9.17) is 16.3 Å². The van der Waals surface area contributed by atoms with E-state index < -0.39 is 0 Å². The Morgan fingerprint density at radius 3 is 2.58 bits per heavy atom. The van der Waals surface area contributed by atoms with Crippen LogP contribution < -0.4 is 0 Å². The predicted octanol–water partition coefficient (Wildman–Crippen LogP) is 3.49. The van der Waals surface area contributed by atoms with Gasteiger partial charge >= 0.3 is 5.97 Å². The lowest BCUT2D eigenvalue weighted by molar-refractivity contribution is -0.144. The summed E-state index contributed by atoms with van der Waals surface area (Å²) in [4.78, 5) is 22.8. The fraction of sp³-hybridized carbons (Fsp3) is 0.467. The van der Waals surface area contributed by atoms with Gasteiger partial charge in [-0.3, -0.25) is 9.59 Å². The molecule has 0 aliphatic heterocycles. The highest BCUT2D eigenvalue weighted by Crippen LogP contribution is 2.19. The molecule has 0 radical (unpaired) electrons. The number of esters is 1. The third-order valence-electron chi connectivity index (χ3n) is 2.80. The Kier molecular flexibility index (Phi) is 6.57. The van der Waals surface area contributed by atoms with Crippen LogP contribution in [0.3, 0.4) is 0 Å². The molecular formula is C15H19ClO3. The van der Waals surface area contributed by atoms with Gasteiger partial charge in [-0.15, -0.1) is 0 Å². The van der Waals surface area contributed by atoms with Gasteiger partial charge in [-0.25, -0.2) is 0 Å². The SMILES string of the molecule is CCOC(=O)CCC(=O)CCc1ccc(C)cc1Cl. The fourth-order valence-electron chi connectivity index (χ4n) is 1.73. The second kappa shape index (κ2) is 7.95. The van der Waals surface area contributed by atoms with Crippen molar-refractivity contribution in [3.05, 3.63) is 34.3 Å². The van der Waals surface area contributed by atoms with Crippen molar-refractivity contribution in [3.63, 3.8) is 0 Å². The van der Waals surface area contributed by atoms with Gasteiger partial charge in [-0.05, 0) is 37.5 Å². The molecule has 4 heteroatoms. The molecule has 1 aromatic carbocycles. The summed E-state index contributed by atoms with van der Waals surface area (Å²) < 4.78 is 4.78. The summed E-state index contributed by atoms with van der Waals surface area (Å²) in [5.74, 6) is -0.256. The Morgan fingerprint density at radius 1 is 1.21 bits per heavy atom. The minimum absolute atomic E-state index is 0.0599. The number of ether oxygens (including phenoxy) is 1. The third-order valence-corrected chi connectivity index (χ3v) is 3.15. The first-order valence-corrected chi connectivity index (χ1v) is 6.83. The lowest BCUT2D eigenvalue weighted by atomic mass is 10.0. The number of halogens is 1. The first kappa shape index (κ1) is 15.7. The third kappa shape index (κ3) is 5.88. The molecule has 0 bridgehead atoms. The van der Waals surface area contributed by atoms with Gasteiger partial charge in [0.2, 0.25) is 0 Å². The molecule has 0 aliphatic rings. The number of benzene rings is 1. The topological polar surface area (TPSA) is 43.4 Å². The molecule has 104 valence electrons. The van der Waals surface area contributed by atoms with Gasteiger partial charge in [-0.2, -0.15) is 0 Å². The molecule has 0 saturated carbocycles. The van der Waals surface area contributed by atoms with E-state index in [0.29, 0.717) is 24.5 Å². The van der Waals surface area contributed by atoms with Crippen molar-refractivity contribution in [2.75, 3.05) is 6.61 Å². The minimum Gasteiger partial charge on any atom is -0.466 e. The number of carbonyl (C=O) groups excluding carboxylic acids is 2. The van der Waals surface area contributed by atoms with Crippen molar-refractivity contribution in [2.45, 2.75) is 39.5 Å². The highest BCUT2D eigenvalue weighted by atomic mass is 35.5. The average Bonchev–Trinajstić information content (AvgIpc) is 2.35. The molecule has 0 heterocycles. The fourth-order valence-corrected chi connectivity index (χ4v) is 2.06. The maximum absolute atomic E-state index is 11.7. The molecule has 0 aliphatic carbocycles. The summed E-state index contributed by atoms with van der Waals surface area (Å²) in [6.07, 6.45) is 1.42. The van der Waals surface area contributed by atoms with Gasteiger partial charge in [-0.1, -0.05) is 23.7 Å². The van der Waals surface area contributed by atoms with Crippen molar-refractivity contribution in [1.29, 1.82) is 0 Å². The van der Waals surface area contributed by atoms with Crippen molar-refractivity contribution in [1.82, 2.24) is 0 Å². The zero-order valence-electron chi connectivity index (χ0n) is 11.4. The van der Waals surface area contributed by atoms with Crippen LogP contribution in [0.4, 0.5) is 0 Å². The minimum atomic E-state index is -0.316. The smallest absolute Gasteiger partial charge is 0.306 e. The standard InChI is InChI=1S/C15H19ClO3/c1-3-19-15(18)9-8-13(17)7-6-12-5-4-11(2)10-14(12)16/h4-5,10H,3,6-9H2,1-2H3. The van der Waals surface area contributed by atoms with Crippen LogP contribution in [-0.2, 0) is 20.7 Å². The van der Waals surface area contributed by atoms with Crippen LogP contribution in [0.1, 0.15) is 37.3 Å². The molecule has 0 amide bonds. The van der Waals surface area contributed by atoms with Gasteiger partial charge in [0.15, 0.2) is 0 Å². The van der Waals surface area contributed by atoms with Crippen LogP contribution in [0.2, 0.25) is 5.02 Å². The predicted molar refractivity (Wildman–Crippen MR) is 75.4 cm³/mol. The van der Waals surface area contributed by atoms with E-state index in [0.717, 1.165) is 11.1 Å². The Balaban J connectivity index is 2.36. The highest BCUT2D eigenvalue weighted by molar-refractivity contribution is 6.31. The summed E-state index contributed by atoms with van der Waals surface area (Å²) in [6, 6.07) is 5.81. The van der Waals surface area contributed by atoms with Gasteiger partial charge in [0.05, 0.1) is 13.0 Å². The summed E-state index contributed by atoms with van der Waals surface area (Å²) in [5.41, 5.74) is 2.07. The normalized spacial score (nSPS) is 10.3. The van der Waals surface area contributed by atoms with E-state index in [1.807, 2.05) is 25.1 Å². The van der Waals surface area contributed by atoms with Gasteiger partial charge in [0.25, 0.3) is 0 Å². The van der Waals surface area contributed by atoms with Crippen LogP contribution in [-0.4, -0.2) is 18.4 Å². The molecule has 1 aromatic rings. The summed E-state index contributed by atoms with van der Waals surface area (Å²) in [6.45, 7) is 4.07. The number of hydrogen-bond acceptors (Lipinski definition) is 3. The Hall–Kier alpha value is -1.35. The monoisotopic (exact) mass is 282 g/mol. The maximum atomic E-state index is 11.7. The first-order valence-electron chi connectivity index (χ1n) is 6.45. The van der Waals surface area contributed by atoms with Crippen molar-refractivity contribution < 1.29 is 14.3 Å². The van der Waals surface area contributed by atoms with Crippen LogP contribution >= 0.6 is 11.6 Å². The second-order valence-corrected chi connectivity index (χ2v) is 4.85. The molecule has 0 atom stereocenters. The van der Waals surface area contributed by atoms with Crippen molar-refractivity contribution in [3.8, 4) is 0 Å². The lowest BCUT2D eigenvalue weighted by Gasteiger charge is -2.05. The van der Waals surface area contributed by atoms with Crippen LogP contribution in [0.5, 0.6) is 0 Å². The van der Waals surface area contributed by atoms with E-state index in [2.05, 4.69) is 0 Å². The Bertz CT molecular complexity index is 455. The second-order valence-electron chi connectivity index (χ2n) is 4.44. The van der Waals surface area contributed by atoms with Crippen LogP contribution in [0, 0.1) is 6.92 Å². The number of rotatable bonds is 7. The van der Waals surface area contributed by atoms with E-state index in [9.17, 15) is 9.59 Å². The number of carbonyl (C=O) groups is 2. The van der Waals surface area contributed by atoms with Gasteiger partial charge in [0.1, 0.15) is 5.78 Å². The molecule has 0 spiro atoms. The maximum Gasteiger partial charge on any atom is 0.306 e. The zero-order chi connectivity index (χ0) is 14.3. The van der Waals surface area contributed by atoms with Gasteiger partial charge < -0.3 is 4.74 Å². The van der Waals surface area contributed by atoms with Crippen molar-refractivity contribution >= 4 is 23.4 Å². The summed E-state index contributed by atoms with van der Waals surface area (Å²) in [7, 11) is 0. The molecule has 0 fully saturated rings. The molecule has 19 heavy (non-hydrogen) atoms. The zero-order valence-corrected chi connectivity index (χ0v) is 12.1.